The van der Waals surface area contributed by atoms with Crippen LogP contribution in [0.2, 0.25) is 0 Å². The van der Waals surface area contributed by atoms with Crippen LogP contribution in [-0.4, -0.2) is 68.1 Å². The molecule has 1 aromatic carbocycles. The van der Waals surface area contributed by atoms with Crippen molar-refractivity contribution in [2.75, 3.05) is 47.1 Å². The number of methoxy groups -OCH3 is 2. The first-order valence-corrected chi connectivity index (χ1v) is 11.4. The monoisotopic (exact) mass is 442 g/mol. The zero-order valence-corrected chi connectivity index (χ0v) is 19.6. The summed E-state index contributed by atoms with van der Waals surface area (Å²) in [5.74, 6) is 1.24. The van der Waals surface area contributed by atoms with E-state index in [1.54, 1.807) is 14.2 Å². The lowest BCUT2D eigenvalue weighted by Gasteiger charge is -2.37. The second-order valence-corrected chi connectivity index (χ2v) is 8.68. The Morgan fingerprint density at radius 3 is 2.38 bits per heavy atom. The zero-order chi connectivity index (χ0) is 22.7. The summed E-state index contributed by atoms with van der Waals surface area (Å²) in [5.41, 5.74) is 4.13. The molecule has 0 amide bonds. The van der Waals surface area contributed by atoms with Crippen LogP contribution in [0.4, 0.5) is 0 Å². The van der Waals surface area contributed by atoms with Crippen LogP contribution >= 0.6 is 0 Å². The van der Waals surface area contributed by atoms with Crippen molar-refractivity contribution in [2.24, 2.45) is 0 Å². The maximum atomic E-state index is 13.1. The van der Waals surface area contributed by atoms with Crippen LogP contribution in [0.5, 0.6) is 11.5 Å². The smallest absolute Gasteiger partial charge is 0.178 e. The minimum atomic E-state index is -0.403. The summed E-state index contributed by atoms with van der Waals surface area (Å²) in [4.78, 5) is 15.3. The molecule has 0 radical (unpaired) electrons. The highest BCUT2D eigenvalue weighted by Gasteiger charge is 2.40. The minimum absolute atomic E-state index is 0.180. The molecule has 1 aromatic heterocycles. The number of rotatable bonds is 8. The summed E-state index contributed by atoms with van der Waals surface area (Å²) in [6.45, 7) is 8.35. The van der Waals surface area contributed by atoms with Crippen LogP contribution in [0, 0.1) is 13.8 Å². The van der Waals surface area contributed by atoms with Gasteiger partial charge in [-0.3, -0.25) is 9.69 Å². The Morgan fingerprint density at radius 1 is 1.03 bits per heavy atom. The summed E-state index contributed by atoms with van der Waals surface area (Å²) in [6, 6.07) is 8.03. The standard InChI is InChI=1S/C25H34N2O5/c1-18-15-21(22(28)17-26-11-8-25(9-12-26)31-13-14-32-25)19(2)27(18)10-7-20-5-6-23(29-3)24(16-20)30-4/h5-6,15-16H,7-14,17H2,1-4H3. The fraction of sp³-hybridized carbons (Fsp3) is 0.560. The third kappa shape index (κ3) is 4.70. The van der Waals surface area contributed by atoms with Gasteiger partial charge in [0.15, 0.2) is 23.1 Å². The molecule has 1 spiro atoms. The van der Waals surface area contributed by atoms with Crippen LogP contribution in [0.25, 0.3) is 0 Å². The van der Waals surface area contributed by atoms with Crippen molar-refractivity contribution in [2.45, 2.75) is 45.4 Å². The Morgan fingerprint density at radius 2 is 1.72 bits per heavy atom. The third-order valence-corrected chi connectivity index (χ3v) is 6.74. The van der Waals surface area contributed by atoms with E-state index in [0.29, 0.717) is 19.8 Å². The zero-order valence-electron chi connectivity index (χ0n) is 19.6. The number of hydrogen-bond donors (Lipinski definition) is 0. The van der Waals surface area contributed by atoms with Crippen LogP contribution in [-0.2, 0) is 22.4 Å². The Labute approximate surface area is 190 Å². The van der Waals surface area contributed by atoms with E-state index in [1.807, 2.05) is 25.1 Å². The molecule has 4 rings (SSSR count). The second-order valence-electron chi connectivity index (χ2n) is 8.68. The van der Waals surface area contributed by atoms with E-state index in [2.05, 4.69) is 22.5 Å². The first kappa shape index (κ1) is 22.8. The van der Waals surface area contributed by atoms with Gasteiger partial charge < -0.3 is 23.5 Å². The number of nitrogens with zero attached hydrogens (tertiary/aromatic N) is 2. The maximum Gasteiger partial charge on any atom is 0.178 e. The van der Waals surface area contributed by atoms with Crippen molar-refractivity contribution in [3.63, 3.8) is 0 Å². The highest BCUT2D eigenvalue weighted by molar-refractivity contribution is 5.99. The van der Waals surface area contributed by atoms with E-state index in [4.69, 9.17) is 18.9 Å². The van der Waals surface area contributed by atoms with Gasteiger partial charge in [-0.2, -0.15) is 0 Å². The Bertz CT molecular complexity index is 951. The molecule has 2 aliphatic rings. The summed E-state index contributed by atoms with van der Waals surface area (Å²) in [5, 5.41) is 0. The van der Waals surface area contributed by atoms with Gasteiger partial charge >= 0.3 is 0 Å². The average Bonchev–Trinajstić information content (AvgIpc) is 3.37. The van der Waals surface area contributed by atoms with Gasteiger partial charge in [-0.25, -0.2) is 0 Å². The molecule has 0 bridgehead atoms. The van der Waals surface area contributed by atoms with E-state index in [9.17, 15) is 4.79 Å². The first-order valence-electron chi connectivity index (χ1n) is 11.4. The lowest BCUT2D eigenvalue weighted by atomic mass is 10.0. The maximum absolute atomic E-state index is 13.1. The lowest BCUT2D eigenvalue weighted by molar-refractivity contribution is -0.184. The molecule has 174 valence electrons. The molecule has 3 heterocycles. The van der Waals surface area contributed by atoms with Crippen LogP contribution in [0.15, 0.2) is 24.3 Å². The number of carbonyl (C=O) groups is 1. The van der Waals surface area contributed by atoms with Crippen LogP contribution < -0.4 is 9.47 Å². The SMILES string of the molecule is COc1ccc(CCn2c(C)cc(C(=O)CN3CCC4(CC3)OCCO4)c2C)cc1OC. The van der Waals surface area contributed by atoms with Gasteiger partial charge in [-0.05, 0) is 44.0 Å². The van der Waals surface area contributed by atoms with Gasteiger partial charge in [-0.1, -0.05) is 6.07 Å². The predicted molar refractivity (Wildman–Crippen MR) is 122 cm³/mol. The Balaban J connectivity index is 1.37. The van der Waals surface area contributed by atoms with Crippen molar-refractivity contribution in [3.05, 3.63) is 46.8 Å². The topological polar surface area (TPSA) is 62.2 Å². The number of carbonyl (C=O) groups excluding carboxylic acids is 1. The molecule has 0 N–H and O–H groups in total. The molecule has 7 nitrogen and oxygen atoms in total. The van der Waals surface area contributed by atoms with Gasteiger partial charge in [0.2, 0.25) is 0 Å². The fourth-order valence-electron chi connectivity index (χ4n) is 4.83. The van der Waals surface area contributed by atoms with Gasteiger partial charge in [0, 0.05) is 49.4 Å². The molecule has 0 unspecified atom stereocenters. The molecule has 0 saturated carbocycles. The third-order valence-electron chi connectivity index (χ3n) is 6.74. The molecular weight excluding hydrogens is 408 g/mol. The number of Topliss-reactive ketones (excluding diaryl/α,β-unsaturated/α-hetero) is 1. The fourth-order valence-corrected chi connectivity index (χ4v) is 4.83. The Hall–Kier alpha value is -2.35. The number of benzene rings is 1. The summed E-state index contributed by atoms with van der Waals surface area (Å²) in [6.07, 6.45) is 2.49. The molecule has 2 aromatic rings. The van der Waals surface area contributed by atoms with Crippen LogP contribution in [0.1, 0.15) is 40.2 Å². The van der Waals surface area contributed by atoms with E-state index in [1.165, 1.54) is 5.56 Å². The summed E-state index contributed by atoms with van der Waals surface area (Å²) in [7, 11) is 3.29. The molecule has 0 aliphatic carbocycles. The van der Waals surface area contributed by atoms with Crippen molar-refractivity contribution in [1.82, 2.24) is 9.47 Å². The van der Waals surface area contributed by atoms with Crippen molar-refractivity contribution in [1.29, 1.82) is 0 Å². The number of piperidine rings is 1. The predicted octanol–water partition coefficient (Wildman–Crippen LogP) is 3.39. The number of likely N-dealkylation sites (tertiary alicyclic amines) is 1. The molecular formula is C25H34N2O5. The Kier molecular flexibility index (Phi) is 6.88. The van der Waals surface area contributed by atoms with Gasteiger partial charge in [0.05, 0.1) is 34.0 Å². The number of ether oxygens (including phenoxy) is 4. The largest absolute Gasteiger partial charge is 0.493 e. The molecule has 2 aliphatic heterocycles. The van der Waals surface area contributed by atoms with Crippen LogP contribution in [0.3, 0.4) is 0 Å². The number of aromatic nitrogens is 1. The van der Waals surface area contributed by atoms with Gasteiger partial charge in [-0.15, -0.1) is 0 Å². The highest BCUT2D eigenvalue weighted by atomic mass is 16.7. The van der Waals surface area contributed by atoms with Crippen molar-refractivity contribution in [3.8, 4) is 11.5 Å². The van der Waals surface area contributed by atoms with E-state index in [0.717, 1.165) is 67.3 Å². The second kappa shape index (κ2) is 9.65. The average molecular weight is 443 g/mol. The van der Waals surface area contributed by atoms with E-state index in [-0.39, 0.29) is 5.78 Å². The number of aryl methyl sites for hydroxylation is 2. The number of hydrogen-bond acceptors (Lipinski definition) is 6. The van der Waals surface area contributed by atoms with Gasteiger partial charge in [0.1, 0.15) is 0 Å². The number of ketones is 1. The van der Waals surface area contributed by atoms with Crippen molar-refractivity contribution >= 4 is 5.78 Å². The van der Waals surface area contributed by atoms with E-state index < -0.39 is 5.79 Å². The minimum Gasteiger partial charge on any atom is -0.493 e. The quantitative estimate of drug-likeness (QED) is 0.584. The summed E-state index contributed by atoms with van der Waals surface area (Å²) < 4.78 is 24.6. The van der Waals surface area contributed by atoms with Crippen molar-refractivity contribution < 1.29 is 23.7 Å². The molecule has 7 heteroatoms. The summed E-state index contributed by atoms with van der Waals surface area (Å²) >= 11 is 0. The highest BCUT2D eigenvalue weighted by Crippen LogP contribution is 2.31. The molecule has 0 atom stereocenters. The lowest BCUT2D eigenvalue weighted by Crippen LogP contribution is -2.46. The normalized spacial score (nSPS) is 18.2. The van der Waals surface area contributed by atoms with E-state index >= 15 is 0 Å². The molecule has 2 fully saturated rings. The first-order chi connectivity index (χ1) is 15.4. The molecule has 2 saturated heterocycles. The molecule has 32 heavy (non-hydrogen) atoms. The van der Waals surface area contributed by atoms with Gasteiger partial charge in [0.25, 0.3) is 0 Å².